The van der Waals surface area contributed by atoms with Crippen LogP contribution in [-0.4, -0.2) is 16.0 Å². The van der Waals surface area contributed by atoms with E-state index in [9.17, 15) is 13.2 Å². The Bertz CT molecular complexity index is 375. The third-order valence-corrected chi connectivity index (χ3v) is 3.06. The first-order valence-corrected chi connectivity index (χ1v) is 6.05. The van der Waals surface area contributed by atoms with Gasteiger partial charge in [0.1, 0.15) is 5.69 Å². The Hall–Kier alpha value is -1.33. The Morgan fingerprint density at radius 1 is 1.28 bits per heavy atom. The molecule has 6 heteroatoms. The van der Waals surface area contributed by atoms with E-state index in [0.717, 1.165) is 25.1 Å². The number of hydrogen-bond acceptors (Lipinski definition) is 3. The fourth-order valence-electron chi connectivity index (χ4n) is 1.90. The van der Waals surface area contributed by atoms with Crippen molar-refractivity contribution in [2.75, 3.05) is 5.32 Å². The minimum absolute atomic E-state index is 0.0317. The molecule has 0 radical (unpaired) electrons. The molecule has 0 amide bonds. The van der Waals surface area contributed by atoms with Crippen molar-refractivity contribution in [2.45, 2.75) is 45.8 Å². The zero-order chi connectivity index (χ0) is 13.8. The molecule has 0 aliphatic heterocycles. The van der Waals surface area contributed by atoms with Crippen molar-refractivity contribution in [3.8, 4) is 0 Å². The van der Waals surface area contributed by atoms with Gasteiger partial charge < -0.3 is 5.32 Å². The van der Waals surface area contributed by atoms with Crippen molar-refractivity contribution < 1.29 is 13.2 Å². The number of aromatic nitrogens is 2. The van der Waals surface area contributed by atoms with Crippen molar-refractivity contribution in [1.82, 2.24) is 9.97 Å². The molecule has 1 unspecified atom stereocenters. The highest BCUT2D eigenvalue weighted by Gasteiger charge is 2.32. The van der Waals surface area contributed by atoms with Crippen molar-refractivity contribution >= 4 is 5.95 Å². The summed E-state index contributed by atoms with van der Waals surface area (Å²) in [5.41, 5.74) is -0.920. The number of rotatable bonds is 5. The van der Waals surface area contributed by atoms with Crippen molar-refractivity contribution in [1.29, 1.82) is 0 Å². The monoisotopic (exact) mass is 261 g/mol. The van der Waals surface area contributed by atoms with Gasteiger partial charge >= 0.3 is 6.18 Å². The number of halogens is 3. The zero-order valence-corrected chi connectivity index (χ0v) is 10.8. The molecule has 1 rings (SSSR count). The lowest BCUT2D eigenvalue weighted by Gasteiger charge is -2.22. The van der Waals surface area contributed by atoms with E-state index in [1.807, 2.05) is 6.92 Å². The highest BCUT2D eigenvalue weighted by atomic mass is 19.4. The van der Waals surface area contributed by atoms with Crippen LogP contribution in [0.2, 0.25) is 0 Å². The molecule has 0 spiro atoms. The highest BCUT2D eigenvalue weighted by molar-refractivity contribution is 5.27. The lowest BCUT2D eigenvalue weighted by Crippen LogP contribution is -2.26. The maximum absolute atomic E-state index is 12.5. The molecule has 1 atom stereocenters. The summed E-state index contributed by atoms with van der Waals surface area (Å²) in [5, 5.41) is 2.93. The van der Waals surface area contributed by atoms with Crippen molar-refractivity contribution in [3.05, 3.63) is 18.0 Å². The van der Waals surface area contributed by atoms with Gasteiger partial charge in [-0.15, -0.1) is 0 Å². The molecular weight excluding hydrogens is 243 g/mol. The Morgan fingerprint density at radius 2 is 1.89 bits per heavy atom. The van der Waals surface area contributed by atoms with Gasteiger partial charge in [-0.1, -0.05) is 26.7 Å². The van der Waals surface area contributed by atoms with Crippen LogP contribution in [-0.2, 0) is 6.18 Å². The van der Waals surface area contributed by atoms with Crippen LogP contribution in [0.5, 0.6) is 0 Å². The molecule has 3 nitrogen and oxygen atoms in total. The van der Waals surface area contributed by atoms with E-state index < -0.39 is 11.9 Å². The zero-order valence-electron chi connectivity index (χ0n) is 10.8. The molecule has 0 fully saturated rings. The van der Waals surface area contributed by atoms with Gasteiger partial charge in [-0.25, -0.2) is 9.97 Å². The van der Waals surface area contributed by atoms with E-state index in [0.29, 0.717) is 5.92 Å². The van der Waals surface area contributed by atoms with Gasteiger partial charge in [-0.05, 0) is 18.9 Å². The van der Waals surface area contributed by atoms with Gasteiger partial charge in [0.2, 0.25) is 5.95 Å². The Morgan fingerprint density at radius 3 is 2.39 bits per heavy atom. The Labute approximate surface area is 105 Å². The molecule has 0 saturated carbocycles. The van der Waals surface area contributed by atoms with Crippen molar-refractivity contribution in [3.63, 3.8) is 0 Å². The largest absolute Gasteiger partial charge is 0.433 e. The number of hydrogen-bond donors (Lipinski definition) is 1. The fourth-order valence-corrected chi connectivity index (χ4v) is 1.90. The van der Waals surface area contributed by atoms with Crippen LogP contribution in [0.1, 0.15) is 39.3 Å². The van der Waals surface area contributed by atoms with E-state index in [4.69, 9.17) is 0 Å². The third kappa shape index (κ3) is 3.85. The lowest BCUT2D eigenvalue weighted by atomic mass is 9.96. The van der Waals surface area contributed by atoms with Crippen LogP contribution in [0.25, 0.3) is 0 Å². The summed E-state index contributed by atoms with van der Waals surface area (Å²) in [4.78, 5) is 7.31. The first kappa shape index (κ1) is 14.7. The second-order valence-corrected chi connectivity index (χ2v) is 4.27. The molecule has 0 saturated heterocycles. The van der Waals surface area contributed by atoms with E-state index in [1.165, 1.54) is 0 Å². The molecule has 0 bridgehead atoms. The summed E-state index contributed by atoms with van der Waals surface area (Å²) in [6.07, 6.45) is -1.39. The number of nitrogens with one attached hydrogen (secondary N) is 1. The maximum Gasteiger partial charge on any atom is 0.433 e. The molecule has 1 aromatic heterocycles. The van der Waals surface area contributed by atoms with E-state index in [1.54, 1.807) is 0 Å². The van der Waals surface area contributed by atoms with Crippen LogP contribution in [0.3, 0.4) is 0 Å². The molecule has 102 valence electrons. The number of nitrogens with zero attached hydrogens (tertiary/aromatic N) is 2. The van der Waals surface area contributed by atoms with Crippen LogP contribution < -0.4 is 5.32 Å². The number of anilines is 1. The van der Waals surface area contributed by atoms with E-state index in [-0.39, 0.29) is 12.0 Å². The molecule has 18 heavy (non-hydrogen) atoms. The minimum Gasteiger partial charge on any atom is -0.351 e. The Kier molecular flexibility index (Phi) is 4.93. The van der Waals surface area contributed by atoms with Gasteiger partial charge in [0.05, 0.1) is 0 Å². The number of alkyl halides is 3. The quantitative estimate of drug-likeness (QED) is 0.877. The maximum atomic E-state index is 12.5. The summed E-state index contributed by atoms with van der Waals surface area (Å²) >= 11 is 0. The SMILES string of the molecule is CCC(CC)C(C)Nc1nccc(C(F)(F)F)n1. The van der Waals surface area contributed by atoms with Crippen LogP contribution in [0.15, 0.2) is 12.3 Å². The molecule has 1 N–H and O–H groups in total. The smallest absolute Gasteiger partial charge is 0.351 e. The van der Waals surface area contributed by atoms with Gasteiger partial charge in [0.25, 0.3) is 0 Å². The van der Waals surface area contributed by atoms with Crippen LogP contribution in [0, 0.1) is 5.92 Å². The average Bonchev–Trinajstić information content (AvgIpc) is 2.29. The van der Waals surface area contributed by atoms with Crippen LogP contribution in [0.4, 0.5) is 19.1 Å². The van der Waals surface area contributed by atoms with Crippen molar-refractivity contribution in [2.24, 2.45) is 5.92 Å². The first-order chi connectivity index (χ1) is 8.38. The van der Waals surface area contributed by atoms with E-state index in [2.05, 4.69) is 29.1 Å². The summed E-state index contributed by atoms with van der Waals surface area (Å²) in [6.45, 7) is 6.04. The first-order valence-electron chi connectivity index (χ1n) is 6.05. The predicted octanol–water partition coefficient (Wildman–Crippen LogP) is 3.73. The van der Waals surface area contributed by atoms with Gasteiger partial charge in [-0.3, -0.25) is 0 Å². The summed E-state index contributed by atoms with van der Waals surface area (Å²) < 4.78 is 37.4. The summed E-state index contributed by atoms with van der Waals surface area (Å²) in [7, 11) is 0. The fraction of sp³-hybridized carbons (Fsp3) is 0.667. The minimum atomic E-state index is -4.43. The molecular formula is C12H18F3N3. The molecule has 0 aromatic carbocycles. The summed E-state index contributed by atoms with van der Waals surface area (Å²) in [6, 6.07) is 0.913. The molecule has 1 aromatic rings. The third-order valence-electron chi connectivity index (χ3n) is 3.06. The Balaban J connectivity index is 2.79. The highest BCUT2D eigenvalue weighted by Crippen LogP contribution is 2.27. The summed E-state index contributed by atoms with van der Waals surface area (Å²) in [5.74, 6) is 0.423. The molecule has 0 aliphatic carbocycles. The predicted molar refractivity (Wildman–Crippen MR) is 64.2 cm³/mol. The average molecular weight is 261 g/mol. The second kappa shape index (κ2) is 6.02. The second-order valence-electron chi connectivity index (χ2n) is 4.27. The lowest BCUT2D eigenvalue weighted by molar-refractivity contribution is -0.141. The normalized spacial score (nSPS) is 13.7. The molecule has 0 aliphatic rings. The van der Waals surface area contributed by atoms with Gasteiger partial charge in [0.15, 0.2) is 0 Å². The van der Waals surface area contributed by atoms with E-state index >= 15 is 0 Å². The van der Waals surface area contributed by atoms with Crippen LogP contribution >= 0.6 is 0 Å². The standard InChI is InChI=1S/C12H18F3N3/c1-4-9(5-2)8(3)17-11-16-7-6-10(18-11)12(13,14)15/h6-9H,4-5H2,1-3H3,(H,16,17,18). The van der Waals surface area contributed by atoms with Gasteiger partial charge in [-0.2, -0.15) is 13.2 Å². The topological polar surface area (TPSA) is 37.8 Å². The molecule has 1 heterocycles. The van der Waals surface area contributed by atoms with Gasteiger partial charge in [0, 0.05) is 12.2 Å².